The number of carboxylic acids is 1. The molecule has 0 radical (unpaired) electrons. The fraction of sp³-hybridized carbons (Fsp3) is 0.320. The van der Waals surface area contributed by atoms with Gasteiger partial charge in [-0.05, 0) is 41.0 Å². The topological polar surface area (TPSA) is 110 Å². The molecular formula is C25H23N5O4. The predicted octanol–water partition coefficient (Wildman–Crippen LogP) is 2.24. The van der Waals surface area contributed by atoms with E-state index in [1.54, 1.807) is 15.7 Å². The standard InChI is InChI=1S/C25H23N5O4/c1-14-7-6-8-15(2)20(14)30-22(26-27-28-30)21(16-9-4-3-5-10-16)29-13-25-12-11-17(34-25)18(24(32)33)19(25)23(29)31/h3-12,17-19,21H,13H2,1-2H3,(H,32,33)/t17-,18-,19-,21-,25-/m1/s1. The number of aliphatic carboxylic acids is 1. The van der Waals surface area contributed by atoms with E-state index in [4.69, 9.17) is 4.74 Å². The minimum Gasteiger partial charge on any atom is -0.481 e. The number of para-hydroxylation sites is 1. The van der Waals surface area contributed by atoms with Crippen molar-refractivity contribution in [3.05, 3.63) is 83.2 Å². The molecule has 0 saturated carbocycles. The first-order valence-corrected chi connectivity index (χ1v) is 11.2. The van der Waals surface area contributed by atoms with Crippen LogP contribution in [0.4, 0.5) is 0 Å². The molecule has 5 atom stereocenters. The van der Waals surface area contributed by atoms with Gasteiger partial charge in [0, 0.05) is 0 Å². The monoisotopic (exact) mass is 457 g/mol. The molecule has 3 aromatic rings. The van der Waals surface area contributed by atoms with Crippen LogP contribution in [0.3, 0.4) is 0 Å². The lowest BCUT2D eigenvalue weighted by atomic mass is 9.77. The Bertz CT molecular complexity index is 1320. The van der Waals surface area contributed by atoms with Crippen LogP contribution in [-0.2, 0) is 14.3 Å². The van der Waals surface area contributed by atoms with Crippen molar-refractivity contribution in [1.82, 2.24) is 25.1 Å². The summed E-state index contributed by atoms with van der Waals surface area (Å²) < 4.78 is 7.79. The third-order valence-electron chi connectivity index (χ3n) is 7.23. The third kappa shape index (κ3) is 2.80. The van der Waals surface area contributed by atoms with Crippen LogP contribution in [0.15, 0.2) is 60.7 Å². The second kappa shape index (κ2) is 7.33. The van der Waals surface area contributed by atoms with Gasteiger partial charge in [-0.2, -0.15) is 4.68 Å². The summed E-state index contributed by atoms with van der Waals surface area (Å²) in [6.07, 6.45) is 3.05. The second-order valence-corrected chi connectivity index (χ2v) is 9.21. The zero-order valence-electron chi connectivity index (χ0n) is 18.7. The molecule has 0 unspecified atom stereocenters. The predicted molar refractivity (Wildman–Crippen MR) is 120 cm³/mol. The average molecular weight is 457 g/mol. The summed E-state index contributed by atoms with van der Waals surface area (Å²) in [6, 6.07) is 14.9. The van der Waals surface area contributed by atoms with Gasteiger partial charge in [-0.25, -0.2) is 0 Å². The van der Waals surface area contributed by atoms with Crippen LogP contribution >= 0.6 is 0 Å². The first-order chi connectivity index (χ1) is 16.4. The van der Waals surface area contributed by atoms with Crippen molar-refractivity contribution in [3.8, 4) is 5.69 Å². The highest BCUT2D eigenvalue weighted by atomic mass is 16.5. The summed E-state index contributed by atoms with van der Waals surface area (Å²) in [7, 11) is 0. The Balaban J connectivity index is 1.50. The molecule has 6 rings (SSSR count). The van der Waals surface area contributed by atoms with Crippen molar-refractivity contribution >= 4 is 11.9 Å². The van der Waals surface area contributed by atoms with Gasteiger partial charge in [-0.1, -0.05) is 60.7 Å². The molecule has 2 bridgehead atoms. The van der Waals surface area contributed by atoms with Gasteiger partial charge in [0.15, 0.2) is 5.82 Å². The molecular weight excluding hydrogens is 434 g/mol. The molecule has 34 heavy (non-hydrogen) atoms. The number of benzene rings is 2. The highest BCUT2D eigenvalue weighted by molar-refractivity contribution is 5.91. The number of tetrazole rings is 1. The van der Waals surface area contributed by atoms with E-state index < -0.39 is 35.6 Å². The van der Waals surface area contributed by atoms with E-state index >= 15 is 0 Å². The van der Waals surface area contributed by atoms with Crippen molar-refractivity contribution in [1.29, 1.82) is 0 Å². The van der Waals surface area contributed by atoms with Gasteiger partial charge >= 0.3 is 5.97 Å². The molecule has 3 aliphatic heterocycles. The third-order valence-corrected chi connectivity index (χ3v) is 7.23. The van der Waals surface area contributed by atoms with Crippen LogP contribution in [0.25, 0.3) is 5.69 Å². The van der Waals surface area contributed by atoms with Crippen LogP contribution in [-0.4, -0.2) is 60.3 Å². The van der Waals surface area contributed by atoms with Gasteiger partial charge in [0.25, 0.3) is 0 Å². The number of hydrogen-bond donors (Lipinski definition) is 1. The fourth-order valence-corrected chi connectivity index (χ4v) is 5.80. The number of ether oxygens (including phenoxy) is 1. The largest absolute Gasteiger partial charge is 0.481 e. The summed E-state index contributed by atoms with van der Waals surface area (Å²) in [4.78, 5) is 27.6. The summed E-state index contributed by atoms with van der Waals surface area (Å²) in [5.74, 6) is -2.49. The first kappa shape index (κ1) is 20.7. The number of amides is 1. The summed E-state index contributed by atoms with van der Waals surface area (Å²) >= 11 is 0. The van der Waals surface area contributed by atoms with Crippen molar-refractivity contribution in [2.45, 2.75) is 31.6 Å². The van der Waals surface area contributed by atoms with Crippen molar-refractivity contribution in [2.75, 3.05) is 6.54 Å². The van der Waals surface area contributed by atoms with Crippen molar-refractivity contribution in [3.63, 3.8) is 0 Å². The number of fused-ring (bicyclic) bond motifs is 1. The van der Waals surface area contributed by atoms with E-state index in [1.807, 2.05) is 68.5 Å². The average Bonchev–Trinajstić information content (AvgIpc) is 3.57. The van der Waals surface area contributed by atoms with Gasteiger partial charge in [-0.3, -0.25) is 9.59 Å². The lowest BCUT2D eigenvalue weighted by Crippen LogP contribution is -2.39. The smallest absolute Gasteiger partial charge is 0.310 e. The van der Waals surface area contributed by atoms with E-state index in [-0.39, 0.29) is 12.5 Å². The maximum atomic E-state index is 13.8. The normalized spacial score (nSPS) is 27.9. The number of nitrogens with zero attached hydrogens (tertiary/aromatic N) is 5. The summed E-state index contributed by atoms with van der Waals surface area (Å²) in [5.41, 5.74) is 2.74. The van der Waals surface area contributed by atoms with Gasteiger partial charge in [0.05, 0.1) is 24.3 Å². The van der Waals surface area contributed by atoms with E-state index in [0.29, 0.717) is 5.82 Å². The molecule has 9 nitrogen and oxygen atoms in total. The molecule has 1 spiro atoms. The van der Waals surface area contributed by atoms with E-state index in [1.165, 1.54) is 0 Å². The summed E-state index contributed by atoms with van der Waals surface area (Å²) in [5, 5.41) is 22.5. The molecule has 1 aromatic heterocycles. The highest BCUT2D eigenvalue weighted by Gasteiger charge is 2.68. The Hall–Kier alpha value is -3.85. The SMILES string of the molecule is Cc1cccc(C)c1-n1nnnc1[C@@H](c1ccccc1)N1C[C@@]23C=C[C@@H](O2)[C@@H](C(=O)O)[C@@H]3C1=O. The van der Waals surface area contributed by atoms with Crippen LogP contribution in [0.5, 0.6) is 0 Å². The number of aromatic nitrogens is 4. The number of aryl methyl sites for hydroxylation is 2. The number of rotatable bonds is 5. The maximum Gasteiger partial charge on any atom is 0.310 e. The van der Waals surface area contributed by atoms with E-state index in [9.17, 15) is 14.7 Å². The van der Waals surface area contributed by atoms with Gasteiger partial charge in [0.1, 0.15) is 17.6 Å². The Labute approximate surface area is 195 Å². The van der Waals surface area contributed by atoms with Crippen LogP contribution < -0.4 is 0 Å². The minimum absolute atomic E-state index is 0.229. The van der Waals surface area contributed by atoms with E-state index in [2.05, 4.69) is 15.5 Å². The Kier molecular flexibility index (Phi) is 4.47. The zero-order chi connectivity index (χ0) is 23.6. The van der Waals surface area contributed by atoms with Gasteiger partial charge < -0.3 is 14.7 Å². The van der Waals surface area contributed by atoms with Crippen molar-refractivity contribution in [2.24, 2.45) is 11.8 Å². The van der Waals surface area contributed by atoms with Gasteiger partial charge in [0.2, 0.25) is 5.91 Å². The lowest BCUT2D eigenvalue weighted by Gasteiger charge is -2.29. The van der Waals surface area contributed by atoms with Gasteiger partial charge in [-0.15, -0.1) is 5.10 Å². The maximum absolute atomic E-state index is 13.8. The number of carbonyl (C=O) groups is 2. The van der Waals surface area contributed by atoms with Crippen LogP contribution in [0, 0.1) is 25.7 Å². The zero-order valence-corrected chi connectivity index (χ0v) is 18.7. The molecule has 2 aromatic carbocycles. The molecule has 172 valence electrons. The minimum atomic E-state index is -1.02. The molecule has 1 N–H and O–H groups in total. The quantitative estimate of drug-likeness (QED) is 0.585. The van der Waals surface area contributed by atoms with E-state index in [0.717, 1.165) is 22.4 Å². The number of likely N-dealkylation sites (tertiary alicyclic amines) is 1. The molecule has 4 heterocycles. The fourth-order valence-electron chi connectivity index (χ4n) is 5.80. The Morgan fingerprint density at radius 3 is 2.59 bits per heavy atom. The lowest BCUT2D eigenvalue weighted by molar-refractivity contribution is -0.148. The highest BCUT2D eigenvalue weighted by Crippen LogP contribution is 2.53. The molecule has 1 amide bonds. The van der Waals surface area contributed by atoms with Crippen LogP contribution in [0.2, 0.25) is 0 Å². The number of carboxylic acid groups (broad SMARTS) is 1. The van der Waals surface area contributed by atoms with Crippen molar-refractivity contribution < 1.29 is 19.4 Å². The molecule has 2 saturated heterocycles. The Morgan fingerprint density at radius 1 is 1.15 bits per heavy atom. The molecule has 3 aliphatic rings. The first-order valence-electron chi connectivity index (χ1n) is 11.2. The second-order valence-electron chi connectivity index (χ2n) is 9.21. The van der Waals surface area contributed by atoms with Crippen LogP contribution in [0.1, 0.15) is 28.6 Å². The Morgan fingerprint density at radius 2 is 1.88 bits per heavy atom. The number of carbonyl (C=O) groups excluding carboxylic acids is 1. The molecule has 2 fully saturated rings. The summed E-state index contributed by atoms with van der Waals surface area (Å²) in [6.45, 7) is 4.21. The molecule has 9 heteroatoms. The molecule has 0 aliphatic carbocycles. The number of hydrogen-bond acceptors (Lipinski definition) is 6.